The number of furan rings is 1. The number of hydrogen-bond donors (Lipinski definition) is 1. The lowest BCUT2D eigenvalue weighted by atomic mass is 10.2. The van der Waals surface area contributed by atoms with E-state index in [-0.39, 0.29) is 6.04 Å². The van der Waals surface area contributed by atoms with Crippen molar-refractivity contribution in [1.29, 1.82) is 0 Å². The molecule has 20 heavy (non-hydrogen) atoms. The van der Waals surface area contributed by atoms with Crippen LogP contribution in [0, 0.1) is 0 Å². The Morgan fingerprint density at radius 1 is 1.35 bits per heavy atom. The Kier molecular flexibility index (Phi) is 3.52. The predicted molar refractivity (Wildman–Crippen MR) is 77.3 cm³/mol. The van der Waals surface area contributed by atoms with Crippen LogP contribution in [0.1, 0.15) is 24.6 Å². The molecule has 0 saturated carbocycles. The zero-order valence-electron chi connectivity index (χ0n) is 11.7. The number of nitrogens with one attached hydrogen (secondary N) is 1. The summed E-state index contributed by atoms with van der Waals surface area (Å²) in [5, 5.41) is 12.5. The Bertz CT molecular complexity index is 668. The monoisotopic (exact) mass is 270 g/mol. The number of rotatable bonds is 5. The smallest absolute Gasteiger partial charge is 0.134 e. The molecule has 5 nitrogen and oxygen atoms in total. The Balaban J connectivity index is 1.61. The van der Waals surface area contributed by atoms with Crippen molar-refractivity contribution in [2.24, 2.45) is 7.05 Å². The summed E-state index contributed by atoms with van der Waals surface area (Å²) in [4.78, 5) is 0. The fraction of sp³-hybridized carbons (Fsp3) is 0.333. The summed E-state index contributed by atoms with van der Waals surface area (Å²) < 4.78 is 7.78. The van der Waals surface area contributed by atoms with Crippen molar-refractivity contribution in [3.05, 3.63) is 48.2 Å². The zero-order valence-corrected chi connectivity index (χ0v) is 11.7. The van der Waals surface area contributed by atoms with E-state index in [0.717, 1.165) is 35.5 Å². The van der Waals surface area contributed by atoms with Gasteiger partial charge in [0.05, 0.1) is 6.04 Å². The molecular weight excluding hydrogens is 252 g/mol. The highest BCUT2D eigenvalue weighted by Gasteiger charge is 2.11. The lowest BCUT2D eigenvalue weighted by Gasteiger charge is -2.10. The first-order valence-corrected chi connectivity index (χ1v) is 6.79. The fourth-order valence-corrected chi connectivity index (χ4v) is 2.25. The SMILES string of the molecule is CC(NCCc1nncn1C)c1cc2ccccc2o1. The van der Waals surface area contributed by atoms with E-state index in [1.807, 2.05) is 29.8 Å². The second-order valence-electron chi connectivity index (χ2n) is 4.97. The first kappa shape index (κ1) is 12.9. The van der Waals surface area contributed by atoms with Crippen LogP contribution in [-0.4, -0.2) is 21.3 Å². The number of fused-ring (bicyclic) bond motifs is 1. The van der Waals surface area contributed by atoms with Gasteiger partial charge in [0.1, 0.15) is 23.5 Å². The molecule has 0 spiro atoms. The Labute approximate surface area is 117 Å². The van der Waals surface area contributed by atoms with E-state index < -0.39 is 0 Å². The summed E-state index contributed by atoms with van der Waals surface area (Å²) in [7, 11) is 1.96. The molecule has 5 heteroatoms. The average molecular weight is 270 g/mol. The number of hydrogen-bond acceptors (Lipinski definition) is 4. The molecule has 104 valence electrons. The fourth-order valence-electron chi connectivity index (χ4n) is 2.25. The topological polar surface area (TPSA) is 55.9 Å². The molecular formula is C15H18N4O. The Morgan fingerprint density at radius 3 is 2.95 bits per heavy atom. The average Bonchev–Trinajstić information content (AvgIpc) is 3.05. The first-order chi connectivity index (χ1) is 9.74. The largest absolute Gasteiger partial charge is 0.459 e. The molecule has 2 heterocycles. The second-order valence-corrected chi connectivity index (χ2v) is 4.97. The van der Waals surface area contributed by atoms with Crippen LogP contribution in [0.2, 0.25) is 0 Å². The lowest BCUT2D eigenvalue weighted by Crippen LogP contribution is -2.22. The molecule has 0 saturated heterocycles. The van der Waals surface area contributed by atoms with Gasteiger partial charge in [0.15, 0.2) is 0 Å². The van der Waals surface area contributed by atoms with E-state index in [4.69, 9.17) is 4.42 Å². The van der Waals surface area contributed by atoms with Gasteiger partial charge in [0, 0.05) is 25.4 Å². The lowest BCUT2D eigenvalue weighted by molar-refractivity contribution is 0.451. The van der Waals surface area contributed by atoms with Crippen LogP contribution in [0.25, 0.3) is 11.0 Å². The molecule has 0 fully saturated rings. The summed E-state index contributed by atoms with van der Waals surface area (Å²) in [6, 6.07) is 10.3. The highest BCUT2D eigenvalue weighted by atomic mass is 16.3. The molecule has 3 rings (SSSR count). The van der Waals surface area contributed by atoms with Crippen LogP contribution in [0.4, 0.5) is 0 Å². The third-order valence-electron chi connectivity index (χ3n) is 3.48. The van der Waals surface area contributed by atoms with E-state index in [9.17, 15) is 0 Å². The standard InChI is InChI=1S/C15H18N4O/c1-11(16-8-7-15-18-17-10-19(15)2)14-9-12-5-3-4-6-13(12)20-14/h3-6,9-11,16H,7-8H2,1-2H3. The van der Waals surface area contributed by atoms with Gasteiger partial charge in [-0.1, -0.05) is 18.2 Å². The van der Waals surface area contributed by atoms with Crippen molar-refractivity contribution >= 4 is 11.0 Å². The quantitative estimate of drug-likeness (QED) is 0.773. The minimum absolute atomic E-state index is 0.177. The van der Waals surface area contributed by atoms with E-state index in [1.54, 1.807) is 6.33 Å². The van der Waals surface area contributed by atoms with Gasteiger partial charge >= 0.3 is 0 Å². The minimum Gasteiger partial charge on any atom is -0.459 e. The number of benzene rings is 1. The summed E-state index contributed by atoms with van der Waals surface area (Å²) >= 11 is 0. The summed E-state index contributed by atoms with van der Waals surface area (Å²) in [5.41, 5.74) is 0.935. The third kappa shape index (κ3) is 2.58. The van der Waals surface area contributed by atoms with Crippen LogP contribution >= 0.6 is 0 Å². The van der Waals surface area contributed by atoms with E-state index in [1.165, 1.54) is 0 Å². The van der Waals surface area contributed by atoms with Crippen LogP contribution in [0.15, 0.2) is 41.1 Å². The number of nitrogens with zero attached hydrogens (tertiary/aromatic N) is 3. The zero-order chi connectivity index (χ0) is 13.9. The number of aromatic nitrogens is 3. The van der Waals surface area contributed by atoms with Gasteiger partial charge in [-0.3, -0.25) is 0 Å². The predicted octanol–water partition coefficient (Wildman–Crippen LogP) is 2.45. The van der Waals surface area contributed by atoms with Gasteiger partial charge < -0.3 is 14.3 Å². The molecule has 1 atom stereocenters. The molecule has 1 N–H and O–H groups in total. The number of aryl methyl sites for hydroxylation is 1. The maximum Gasteiger partial charge on any atom is 0.134 e. The van der Waals surface area contributed by atoms with Gasteiger partial charge in [-0.2, -0.15) is 0 Å². The maximum atomic E-state index is 5.85. The minimum atomic E-state index is 0.177. The molecule has 0 aliphatic heterocycles. The Hall–Kier alpha value is -2.14. The molecule has 0 aliphatic rings. The van der Waals surface area contributed by atoms with E-state index in [2.05, 4.69) is 34.6 Å². The summed E-state index contributed by atoms with van der Waals surface area (Å²) in [6.07, 6.45) is 2.57. The first-order valence-electron chi connectivity index (χ1n) is 6.79. The molecule has 2 aromatic heterocycles. The van der Waals surface area contributed by atoms with Crippen LogP contribution < -0.4 is 5.32 Å². The summed E-state index contributed by atoms with van der Waals surface area (Å²) in [6.45, 7) is 2.94. The highest BCUT2D eigenvalue weighted by molar-refractivity contribution is 5.77. The molecule has 0 amide bonds. The van der Waals surface area contributed by atoms with E-state index >= 15 is 0 Å². The van der Waals surface area contributed by atoms with Gasteiger partial charge in [0.25, 0.3) is 0 Å². The molecule has 1 unspecified atom stereocenters. The second kappa shape index (κ2) is 5.46. The van der Waals surface area contributed by atoms with Crippen molar-refractivity contribution < 1.29 is 4.42 Å². The van der Waals surface area contributed by atoms with Gasteiger partial charge in [-0.25, -0.2) is 0 Å². The van der Waals surface area contributed by atoms with Gasteiger partial charge in [0.2, 0.25) is 0 Å². The van der Waals surface area contributed by atoms with Crippen LogP contribution in [0.3, 0.4) is 0 Å². The number of para-hydroxylation sites is 1. The normalized spacial score (nSPS) is 12.9. The third-order valence-corrected chi connectivity index (χ3v) is 3.48. The molecule has 0 bridgehead atoms. The van der Waals surface area contributed by atoms with Crippen LogP contribution in [0.5, 0.6) is 0 Å². The van der Waals surface area contributed by atoms with Gasteiger partial charge in [-0.15, -0.1) is 10.2 Å². The maximum absolute atomic E-state index is 5.85. The van der Waals surface area contributed by atoms with E-state index in [0.29, 0.717) is 0 Å². The summed E-state index contributed by atoms with van der Waals surface area (Å²) in [5.74, 6) is 1.94. The molecule has 1 aromatic carbocycles. The van der Waals surface area contributed by atoms with Crippen molar-refractivity contribution in [1.82, 2.24) is 20.1 Å². The van der Waals surface area contributed by atoms with Gasteiger partial charge in [-0.05, 0) is 19.1 Å². The molecule has 3 aromatic rings. The van der Waals surface area contributed by atoms with Crippen molar-refractivity contribution in [2.45, 2.75) is 19.4 Å². The van der Waals surface area contributed by atoms with Crippen molar-refractivity contribution in [3.8, 4) is 0 Å². The Morgan fingerprint density at radius 2 is 2.20 bits per heavy atom. The van der Waals surface area contributed by atoms with Crippen molar-refractivity contribution in [2.75, 3.05) is 6.54 Å². The molecule has 0 radical (unpaired) electrons. The molecule has 0 aliphatic carbocycles. The highest BCUT2D eigenvalue weighted by Crippen LogP contribution is 2.23. The van der Waals surface area contributed by atoms with Crippen molar-refractivity contribution in [3.63, 3.8) is 0 Å². The van der Waals surface area contributed by atoms with Crippen LogP contribution in [-0.2, 0) is 13.5 Å².